The molecule has 1 fully saturated rings. The average molecular weight is 1010 g/mol. The van der Waals surface area contributed by atoms with Crippen molar-refractivity contribution in [3.05, 3.63) is 119 Å². The third-order valence-corrected chi connectivity index (χ3v) is 10.8. The Kier molecular flexibility index (Phi) is 18.0. The molecule has 3 aromatic heterocycles. The van der Waals surface area contributed by atoms with E-state index in [9.17, 15) is 14.4 Å². The normalized spacial score (nSPS) is 13.3. The summed E-state index contributed by atoms with van der Waals surface area (Å²) in [6.07, 6.45) is 10.8. The van der Waals surface area contributed by atoms with Crippen LogP contribution in [0.5, 0.6) is 0 Å². The van der Waals surface area contributed by atoms with Crippen molar-refractivity contribution in [1.29, 1.82) is 0 Å². The summed E-state index contributed by atoms with van der Waals surface area (Å²) < 4.78 is 30.8. The molecule has 18 heteroatoms. The van der Waals surface area contributed by atoms with Gasteiger partial charge in [-0.3, -0.25) is 28.8 Å². The summed E-state index contributed by atoms with van der Waals surface area (Å²) in [5, 5.41) is 15.2. The lowest BCUT2D eigenvalue weighted by molar-refractivity contribution is -0.142. The first-order chi connectivity index (χ1) is 28.6. The smallest absolute Gasteiger partial charge is 0.468 e. The molecule has 0 aliphatic carbocycles. The van der Waals surface area contributed by atoms with Gasteiger partial charge in [0.15, 0.2) is 0 Å². The van der Waals surface area contributed by atoms with E-state index < -0.39 is 0 Å². The highest BCUT2D eigenvalue weighted by atomic mass is 79.9. The second-order valence-corrected chi connectivity index (χ2v) is 16.3. The van der Waals surface area contributed by atoms with Crippen LogP contribution in [0, 0.1) is 0 Å². The van der Waals surface area contributed by atoms with Crippen LogP contribution in [0.15, 0.2) is 119 Å². The van der Waals surface area contributed by atoms with Crippen LogP contribution in [0.1, 0.15) is 27.7 Å². The Labute approximate surface area is 374 Å². The number of H-pyrrole nitrogens is 1. The minimum Gasteiger partial charge on any atom is -0.468 e. The summed E-state index contributed by atoms with van der Waals surface area (Å²) in [6, 6.07) is 24.0. The molecule has 0 bridgehead atoms. The predicted octanol–water partition coefficient (Wildman–Crippen LogP) is 7.90. The number of hydrogen-bond donors (Lipinski definition) is 1. The Morgan fingerprint density at radius 1 is 0.617 bits per heavy atom. The van der Waals surface area contributed by atoms with Crippen LogP contribution in [0.2, 0.25) is 0 Å². The molecule has 0 unspecified atom stereocenters. The number of nitrogens with zero attached hydrogens (tertiary/aromatic N) is 5. The van der Waals surface area contributed by atoms with E-state index in [-0.39, 0.29) is 54.6 Å². The van der Waals surface area contributed by atoms with E-state index in [4.69, 9.17) is 9.31 Å². The van der Waals surface area contributed by atoms with E-state index in [1.807, 2.05) is 113 Å². The van der Waals surface area contributed by atoms with Gasteiger partial charge in [-0.05, 0) is 74.1 Å². The molecule has 1 N–H and O–H groups in total. The summed E-state index contributed by atoms with van der Waals surface area (Å²) in [7, 11) is 3.70. The summed E-state index contributed by atoms with van der Waals surface area (Å²) in [6.45, 7) is 8.39. The summed E-state index contributed by atoms with van der Waals surface area (Å²) in [5.41, 5.74) is 6.53. The molecule has 0 saturated carbocycles. The van der Waals surface area contributed by atoms with Gasteiger partial charge in [-0.2, -0.15) is 15.3 Å². The Bertz CT molecular complexity index is 2240. The number of carbonyl (C=O) groups is 3. The molecule has 0 spiro atoms. The highest BCUT2D eigenvalue weighted by molar-refractivity contribution is 9.10. The van der Waals surface area contributed by atoms with Crippen LogP contribution < -0.4 is 5.46 Å². The molecule has 0 amide bonds. The van der Waals surface area contributed by atoms with Gasteiger partial charge in [-0.15, -0.1) is 0 Å². The quantitative estimate of drug-likeness (QED) is 0.0649. The first kappa shape index (κ1) is 47.8. The maximum atomic E-state index is 11.3. The van der Waals surface area contributed by atoms with Crippen LogP contribution in [0.4, 0.5) is 0 Å². The van der Waals surface area contributed by atoms with Gasteiger partial charge in [0, 0.05) is 44.2 Å². The second kappa shape index (κ2) is 22.6. The van der Waals surface area contributed by atoms with Gasteiger partial charge in [-0.1, -0.05) is 96.3 Å². The summed E-state index contributed by atoms with van der Waals surface area (Å²) in [5.74, 6) is -0.879. The average Bonchev–Trinajstić information content (AvgIpc) is 4.08. The molecule has 4 heterocycles. The van der Waals surface area contributed by atoms with Gasteiger partial charge in [0.05, 0.1) is 51.1 Å². The van der Waals surface area contributed by atoms with Gasteiger partial charge < -0.3 is 23.5 Å². The maximum Gasteiger partial charge on any atom is 0.494 e. The minimum absolute atomic E-state index is 0.0997. The van der Waals surface area contributed by atoms with E-state index in [0.29, 0.717) is 0 Å². The maximum absolute atomic E-state index is 11.3. The van der Waals surface area contributed by atoms with Gasteiger partial charge in [-0.25, -0.2) is 0 Å². The summed E-state index contributed by atoms with van der Waals surface area (Å²) >= 11 is 9.67. The van der Waals surface area contributed by atoms with E-state index in [0.717, 1.165) is 42.2 Å². The lowest BCUT2D eigenvalue weighted by Crippen LogP contribution is -2.41. The van der Waals surface area contributed by atoms with Crippen LogP contribution in [0.25, 0.3) is 33.4 Å². The number of methoxy groups -OCH3 is 3. The van der Waals surface area contributed by atoms with Crippen molar-refractivity contribution in [2.75, 3.05) is 26.7 Å². The molecule has 316 valence electrons. The topological polar surface area (TPSA) is 162 Å². The van der Waals surface area contributed by atoms with Crippen molar-refractivity contribution in [3.8, 4) is 33.4 Å². The monoisotopic (exact) mass is 1010 g/mol. The Balaban J connectivity index is 0.000000196. The zero-order chi connectivity index (χ0) is 43.9. The number of carbonyl (C=O) groups excluding carboxylic acids is 3. The Hall–Kier alpha value is -4.88. The molecule has 7 rings (SSSR count). The third-order valence-electron chi connectivity index (χ3n) is 9.26. The molecular weight excluding hydrogens is 967 g/mol. The number of ether oxygens (including phenoxy) is 3. The highest BCUT2D eigenvalue weighted by Gasteiger charge is 2.51. The van der Waals surface area contributed by atoms with Crippen molar-refractivity contribution in [1.82, 2.24) is 29.8 Å². The van der Waals surface area contributed by atoms with Gasteiger partial charge in [0.25, 0.3) is 0 Å². The number of hydrogen-bond acceptors (Lipinski definition) is 11. The largest absolute Gasteiger partial charge is 0.494 e. The molecule has 6 aromatic rings. The molecule has 1 saturated heterocycles. The number of benzene rings is 3. The molecule has 60 heavy (non-hydrogen) atoms. The Morgan fingerprint density at radius 3 is 1.37 bits per heavy atom. The number of aromatic nitrogens is 6. The van der Waals surface area contributed by atoms with Crippen molar-refractivity contribution >= 4 is 78.3 Å². The molecule has 1 aliphatic heterocycles. The standard InChI is InChI=1S/C18H23BN2O4.C12H11BrN2O2.C9H7BrN2.C3H5BrO2/c1-17(2)18(3,4)25-19(24-17)15-8-6-13(7-9-15)14-10-20-21(11-14)12-16(22)23-5;1-17-12(16)8-15-7-10(6-14-15)9-2-4-11(13)5-3-9;10-9-3-1-7(2-4-9)8-5-11-12-6-8;1-6-3(5)2-4/h6-11H,12H2,1-5H3;2-7H,8H2,1H3;1-6H,(H,11,12);2H2,1H3. The molecule has 1 aliphatic rings. The molecule has 14 nitrogen and oxygen atoms in total. The SMILES string of the molecule is Brc1ccc(-c2cn[nH]c2)cc1.COC(=O)CBr.COC(=O)Cn1cc(-c2ccc(B3OC(C)(C)C(C)(C)O3)cc2)cn1.COC(=O)Cn1cc(-c2ccc(Br)cc2)cn1. The molecule has 3 aromatic carbocycles. The lowest BCUT2D eigenvalue weighted by Gasteiger charge is -2.32. The van der Waals surface area contributed by atoms with Crippen molar-refractivity contribution in [2.24, 2.45) is 0 Å². The van der Waals surface area contributed by atoms with Crippen LogP contribution in [0.3, 0.4) is 0 Å². The highest BCUT2D eigenvalue weighted by Crippen LogP contribution is 2.36. The van der Waals surface area contributed by atoms with Crippen LogP contribution in [-0.2, 0) is 51.0 Å². The van der Waals surface area contributed by atoms with Crippen LogP contribution >= 0.6 is 47.8 Å². The predicted molar refractivity (Wildman–Crippen MR) is 240 cm³/mol. The van der Waals surface area contributed by atoms with Crippen LogP contribution in [-0.4, -0.2) is 92.6 Å². The van der Waals surface area contributed by atoms with Crippen molar-refractivity contribution in [2.45, 2.75) is 52.0 Å². The lowest BCUT2D eigenvalue weighted by atomic mass is 9.78. The summed E-state index contributed by atoms with van der Waals surface area (Å²) in [4.78, 5) is 32.3. The van der Waals surface area contributed by atoms with Gasteiger partial charge in [0.2, 0.25) is 0 Å². The van der Waals surface area contributed by atoms with Crippen molar-refractivity contribution in [3.63, 3.8) is 0 Å². The van der Waals surface area contributed by atoms with E-state index >= 15 is 0 Å². The first-order valence-electron chi connectivity index (χ1n) is 18.4. The fourth-order valence-corrected chi connectivity index (χ4v) is 5.91. The van der Waals surface area contributed by atoms with E-state index in [1.54, 1.807) is 21.8 Å². The fraction of sp³-hybridized carbons (Fsp3) is 0.286. The third kappa shape index (κ3) is 14.1. The van der Waals surface area contributed by atoms with Gasteiger partial charge >= 0.3 is 25.0 Å². The number of alkyl halides is 1. The number of rotatable bonds is 9. The zero-order valence-corrected chi connectivity index (χ0v) is 39.0. The molecular formula is C42H46BBr3N6O8. The van der Waals surface area contributed by atoms with Gasteiger partial charge in [0.1, 0.15) is 18.4 Å². The Morgan fingerprint density at radius 2 is 1.02 bits per heavy atom. The number of aromatic amines is 1. The van der Waals surface area contributed by atoms with Crippen molar-refractivity contribution < 1.29 is 37.9 Å². The minimum atomic E-state index is -0.374. The first-order valence-corrected chi connectivity index (χ1v) is 21.1. The second-order valence-electron chi connectivity index (χ2n) is 13.9. The van der Waals surface area contributed by atoms with E-state index in [2.05, 4.69) is 94.5 Å². The zero-order valence-electron chi connectivity index (χ0n) is 34.2. The molecule has 0 radical (unpaired) electrons. The van der Waals surface area contributed by atoms with E-state index in [1.165, 1.54) is 26.9 Å². The fourth-order valence-electron chi connectivity index (χ4n) is 5.15. The number of esters is 3. The number of nitrogens with one attached hydrogen (secondary N) is 1. The number of halogens is 3. The molecule has 0 atom stereocenters.